The first kappa shape index (κ1) is 16.0. The van der Waals surface area contributed by atoms with Crippen LogP contribution in [0.4, 0.5) is 0 Å². The highest BCUT2D eigenvalue weighted by Gasteiger charge is 2.05. The highest BCUT2D eigenvalue weighted by Crippen LogP contribution is 2.10. The molecule has 0 aliphatic heterocycles. The van der Waals surface area contributed by atoms with Crippen molar-refractivity contribution in [1.82, 2.24) is 5.43 Å². The predicted molar refractivity (Wildman–Crippen MR) is 93.4 cm³/mol. The van der Waals surface area contributed by atoms with Gasteiger partial charge in [-0.1, -0.05) is 35.9 Å². The molecule has 120 valence electrons. The molecule has 6 heteroatoms. The fourth-order valence-corrected chi connectivity index (χ4v) is 2.31. The molecule has 0 spiro atoms. The number of fused-ring (bicyclic) bond motifs is 1. The van der Waals surface area contributed by atoms with E-state index in [9.17, 15) is 9.59 Å². The molecule has 3 aromatic rings. The Kier molecular flexibility index (Phi) is 4.72. The van der Waals surface area contributed by atoms with E-state index in [-0.39, 0.29) is 23.3 Å². The molecule has 0 saturated heterocycles. The molecule has 1 amide bonds. The zero-order chi connectivity index (χ0) is 16.9. The smallest absolute Gasteiger partial charge is 0.244 e. The van der Waals surface area contributed by atoms with E-state index in [2.05, 4.69) is 10.5 Å². The summed E-state index contributed by atoms with van der Waals surface area (Å²) in [6.45, 7) is 0. The molecule has 1 aromatic heterocycles. The lowest BCUT2D eigenvalue weighted by atomic mass is 10.1. The summed E-state index contributed by atoms with van der Waals surface area (Å²) in [5.41, 5.74) is 3.77. The van der Waals surface area contributed by atoms with Gasteiger partial charge in [0.15, 0.2) is 0 Å². The molecule has 0 bridgehead atoms. The second-order valence-electron chi connectivity index (χ2n) is 5.11. The Morgan fingerprint density at radius 3 is 2.71 bits per heavy atom. The Bertz CT molecular complexity index is 962. The van der Waals surface area contributed by atoms with Crippen LogP contribution < -0.4 is 10.9 Å². The van der Waals surface area contributed by atoms with E-state index in [4.69, 9.17) is 16.0 Å². The van der Waals surface area contributed by atoms with E-state index in [0.29, 0.717) is 16.0 Å². The molecule has 0 saturated carbocycles. The number of hydrazone groups is 1. The maximum absolute atomic E-state index is 12.3. The normalized spacial score (nSPS) is 11.0. The van der Waals surface area contributed by atoms with Gasteiger partial charge in [0.2, 0.25) is 11.3 Å². The lowest BCUT2D eigenvalue weighted by Gasteiger charge is -2.01. The molecule has 24 heavy (non-hydrogen) atoms. The van der Waals surface area contributed by atoms with Crippen molar-refractivity contribution in [2.24, 2.45) is 5.10 Å². The number of hydrogen-bond acceptors (Lipinski definition) is 4. The van der Waals surface area contributed by atoms with Crippen LogP contribution in [0.5, 0.6) is 0 Å². The minimum atomic E-state index is -0.293. The Hall–Kier alpha value is -2.92. The van der Waals surface area contributed by atoms with Crippen LogP contribution in [-0.4, -0.2) is 12.1 Å². The minimum absolute atomic E-state index is 0.167. The Labute approximate surface area is 142 Å². The van der Waals surface area contributed by atoms with Crippen molar-refractivity contribution in [3.63, 3.8) is 0 Å². The van der Waals surface area contributed by atoms with Gasteiger partial charge in [0.25, 0.3) is 0 Å². The molecule has 0 fully saturated rings. The highest BCUT2D eigenvalue weighted by molar-refractivity contribution is 6.30. The molecular weight excluding hydrogens is 328 g/mol. The van der Waals surface area contributed by atoms with Crippen LogP contribution in [0.25, 0.3) is 11.0 Å². The van der Waals surface area contributed by atoms with Crippen LogP contribution >= 0.6 is 11.6 Å². The first-order chi connectivity index (χ1) is 11.6. The summed E-state index contributed by atoms with van der Waals surface area (Å²) in [5.74, 6) is -0.293. The molecule has 0 unspecified atom stereocenters. The van der Waals surface area contributed by atoms with Gasteiger partial charge in [-0.15, -0.1) is 0 Å². The second-order valence-corrected chi connectivity index (χ2v) is 5.55. The molecule has 0 radical (unpaired) electrons. The number of halogens is 1. The maximum Gasteiger partial charge on any atom is 0.244 e. The number of rotatable bonds is 4. The second kappa shape index (κ2) is 7.10. The third kappa shape index (κ3) is 3.70. The summed E-state index contributed by atoms with van der Waals surface area (Å²) in [7, 11) is 0. The van der Waals surface area contributed by atoms with Crippen LogP contribution in [0.1, 0.15) is 11.1 Å². The number of nitrogens with zero attached hydrogens (tertiary/aromatic N) is 1. The Morgan fingerprint density at radius 2 is 1.92 bits per heavy atom. The topological polar surface area (TPSA) is 71.7 Å². The maximum atomic E-state index is 12.3. The average molecular weight is 341 g/mol. The lowest BCUT2D eigenvalue weighted by Crippen LogP contribution is -2.20. The summed E-state index contributed by atoms with van der Waals surface area (Å²) < 4.78 is 5.37. The third-order valence-corrected chi connectivity index (χ3v) is 3.63. The largest absolute Gasteiger partial charge is 0.463 e. The number of para-hydroxylation sites is 1. The number of carbonyl (C=O) groups excluding carboxylic acids is 1. The molecule has 0 atom stereocenters. The summed E-state index contributed by atoms with van der Waals surface area (Å²) in [6, 6.07) is 13.9. The molecule has 0 aliphatic carbocycles. The van der Waals surface area contributed by atoms with Crippen molar-refractivity contribution < 1.29 is 9.21 Å². The number of carbonyl (C=O) groups is 1. The van der Waals surface area contributed by atoms with Crippen molar-refractivity contribution in [3.05, 3.63) is 81.2 Å². The van der Waals surface area contributed by atoms with Crippen LogP contribution in [0.3, 0.4) is 0 Å². The van der Waals surface area contributed by atoms with Gasteiger partial charge in [-0.3, -0.25) is 9.59 Å². The van der Waals surface area contributed by atoms with Crippen molar-refractivity contribution in [1.29, 1.82) is 0 Å². The molecule has 3 rings (SSSR count). The third-order valence-electron chi connectivity index (χ3n) is 3.38. The number of amides is 1. The van der Waals surface area contributed by atoms with Crippen LogP contribution in [0.2, 0.25) is 5.02 Å². The van der Waals surface area contributed by atoms with E-state index in [1.165, 1.54) is 12.5 Å². The van der Waals surface area contributed by atoms with Gasteiger partial charge >= 0.3 is 0 Å². The molecule has 0 aliphatic rings. The van der Waals surface area contributed by atoms with Gasteiger partial charge in [-0.2, -0.15) is 5.10 Å². The van der Waals surface area contributed by atoms with Crippen LogP contribution in [0, 0.1) is 0 Å². The lowest BCUT2D eigenvalue weighted by molar-refractivity contribution is -0.120. The van der Waals surface area contributed by atoms with E-state index >= 15 is 0 Å². The monoisotopic (exact) mass is 340 g/mol. The van der Waals surface area contributed by atoms with Crippen molar-refractivity contribution in [3.8, 4) is 0 Å². The minimum Gasteiger partial charge on any atom is -0.463 e. The molecular formula is C18H13ClN2O3. The zero-order valence-corrected chi connectivity index (χ0v) is 13.3. The zero-order valence-electron chi connectivity index (χ0n) is 12.5. The van der Waals surface area contributed by atoms with Crippen molar-refractivity contribution in [2.75, 3.05) is 0 Å². The van der Waals surface area contributed by atoms with Gasteiger partial charge in [0.1, 0.15) is 11.8 Å². The van der Waals surface area contributed by atoms with Gasteiger partial charge in [-0.25, -0.2) is 5.43 Å². The number of nitrogens with one attached hydrogen (secondary N) is 1. The standard InChI is InChI=1S/C18H13ClN2O3/c19-14-7-5-12(6-8-14)9-17(22)21-20-10-13-11-24-16-4-2-1-3-15(16)18(13)23/h1-8,10-11H,9H2,(H,21,22)/b20-10-. The SMILES string of the molecule is O=C(Cc1ccc(Cl)cc1)N/N=C\c1coc2ccccc2c1=O. The van der Waals surface area contributed by atoms with Gasteiger partial charge in [0.05, 0.1) is 23.6 Å². The van der Waals surface area contributed by atoms with E-state index in [0.717, 1.165) is 5.56 Å². The number of benzene rings is 2. The van der Waals surface area contributed by atoms with Crippen molar-refractivity contribution in [2.45, 2.75) is 6.42 Å². The molecule has 5 nitrogen and oxygen atoms in total. The van der Waals surface area contributed by atoms with E-state index < -0.39 is 0 Å². The molecule has 1 heterocycles. The predicted octanol–water partition coefficient (Wildman–Crippen LogP) is 3.14. The van der Waals surface area contributed by atoms with Crippen LogP contribution in [0.15, 0.2) is 69.1 Å². The molecule has 1 N–H and O–H groups in total. The summed E-state index contributed by atoms with van der Waals surface area (Å²) in [4.78, 5) is 24.1. The van der Waals surface area contributed by atoms with Gasteiger partial charge in [0, 0.05) is 5.02 Å². The average Bonchev–Trinajstić information content (AvgIpc) is 2.59. The molecule has 2 aromatic carbocycles. The number of hydrogen-bond donors (Lipinski definition) is 1. The Balaban J connectivity index is 1.68. The van der Waals surface area contributed by atoms with Gasteiger partial charge < -0.3 is 4.42 Å². The highest BCUT2D eigenvalue weighted by atomic mass is 35.5. The summed E-state index contributed by atoms with van der Waals surface area (Å²) >= 11 is 5.79. The summed E-state index contributed by atoms with van der Waals surface area (Å²) in [6.07, 6.45) is 2.76. The fourth-order valence-electron chi connectivity index (χ4n) is 2.18. The first-order valence-corrected chi connectivity index (χ1v) is 7.58. The van der Waals surface area contributed by atoms with Gasteiger partial charge in [-0.05, 0) is 29.8 Å². The van der Waals surface area contributed by atoms with E-state index in [1.54, 1.807) is 48.5 Å². The Morgan fingerprint density at radius 1 is 1.17 bits per heavy atom. The van der Waals surface area contributed by atoms with E-state index in [1.807, 2.05) is 0 Å². The quantitative estimate of drug-likeness (QED) is 0.586. The summed E-state index contributed by atoms with van der Waals surface area (Å²) in [5, 5.41) is 4.89. The fraction of sp³-hybridized carbons (Fsp3) is 0.0556. The van der Waals surface area contributed by atoms with Crippen molar-refractivity contribution >= 4 is 34.7 Å². The first-order valence-electron chi connectivity index (χ1n) is 7.20. The van der Waals surface area contributed by atoms with Crippen LogP contribution in [-0.2, 0) is 11.2 Å².